The molecule has 0 atom stereocenters. The van der Waals surface area contributed by atoms with Gasteiger partial charge in [-0.2, -0.15) is 0 Å². The molecular formula is C13H12ClN3O2. The smallest absolute Gasteiger partial charge is 0.145 e. The monoisotopic (exact) mass is 277 g/mol. The van der Waals surface area contributed by atoms with Crippen molar-refractivity contribution in [3.05, 3.63) is 35.4 Å². The van der Waals surface area contributed by atoms with Gasteiger partial charge in [-0.3, -0.25) is 4.98 Å². The van der Waals surface area contributed by atoms with Crippen LogP contribution in [-0.2, 0) is 6.61 Å². The zero-order valence-corrected chi connectivity index (χ0v) is 11.1. The average Bonchev–Trinajstić information content (AvgIpc) is 2.83. The van der Waals surface area contributed by atoms with Crippen LogP contribution in [0.3, 0.4) is 0 Å². The third-order valence-corrected chi connectivity index (χ3v) is 2.48. The van der Waals surface area contributed by atoms with Gasteiger partial charge in [0.05, 0.1) is 6.20 Å². The summed E-state index contributed by atoms with van der Waals surface area (Å²) < 4.78 is 10.2. The molecule has 5 nitrogen and oxygen atoms in total. The lowest BCUT2D eigenvalue weighted by molar-refractivity contribution is 0.269. The van der Waals surface area contributed by atoms with Crippen LogP contribution in [0.15, 0.2) is 23.1 Å². The predicted octanol–water partition coefficient (Wildman–Crippen LogP) is 2.33. The molecule has 0 aliphatic rings. The molecule has 0 aliphatic carbocycles. The quantitative estimate of drug-likeness (QED) is 0.634. The van der Waals surface area contributed by atoms with E-state index in [-0.39, 0.29) is 6.61 Å². The van der Waals surface area contributed by atoms with Crippen molar-refractivity contribution in [3.63, 3.8) is 0 Å². The number of ether oxygens (including phenoxy) is 1. The Morgan fingerprint density at radius 3 is 3.00 bits per heavy atom. The molecule has 0 amide bonds. The fraction of sp³-hybridized carbons (Fsp3) is 0.308. The van der Waals surface area contributed by atoms with Crippen LogP contribution in [0, 0.1) is 18.8 Å². The number of aryl methyl sites for hydroxylation is 1. The van der Waals surface area contributed by atoms with E-state index in [1.807, 2.05) is 13.0 Å². The summed E-state index contributed by atoms with van der Waals surface area (Å²) >= 11 is 5.56. The maximum absolute atomic E-state index is 5.56. The number of hydrogen-bond donors (Lipinski definition) is 0. The highest BCUT2D eigenvalue weighted by Crippen LogP contribution is 2.13. The highest BCUT2D eigenvalue weighted by molar-refractivity contribution is 6.18. The van der Waals surface area contributed by atoms with Crippen molar-refractivity contribution < 1.29 is 9.37 Å². The summed E-state index contributed by atoms with van der Waals surface area (Å²) in [4.78, 5) is 4.07. The van der Waals surface area contributed by atoms with Crippen molar-refractivity contribution >= 4 is 11.6 Å². The number of rotatable bonds is 4. The molecule has 0 aliphatic heterocycles. The normalized spacial score (nSPS) is 9.79. The highest BCUT2D eigenvalue weighted by Gasteiger charge is 2.06. The summed E-state index contributed by atoms with van der Waals surface area (Å²) in [6, 6.07) is 1.82. The van der Waals surface area contributed by atoms with Crippen molar-refractivity contribution in [2.45, 2.75) is 20.0 Å². The molecular weight excluding hydrogens is 266 g/mol. The van der Waals surface area contributed by atoms with Gasteiger partial charge in [-0.1, -0.05) is 22.2 Å². The van der Waals surface area contributed by atoms with Crippen LogP contribution in [-0.4, -0.2) is 21.2 Å². The van der Waals surface area contributed by atoms with Crippen LogP contribution in [0.1, 0.15) is 23.4 Å². The Kier molecular flexibility index (Phi) is 4.76. The molecule has 0 saturated carbocycles. The lowest BCUT2D eigenvalue weighted by atomic mass is 10.2. The largest absolute Gasteiger partial charge is 0.485 e. The zero-order chi connectivity index (χ0) is 13.5. The molecule has 0 spiro atoms. The molecule has 0 N–H and O–H groups in total. The van der Waals surface area contributed by atoms with Crippen molar-refractivity contribution in [1.29, 1.82) is 0 Å². The second-order valence-corrected chi connectivity index (χ2v) is 4.11. The topological polar surface area (TPSA) is 61.0 Å². The summed E-state index contributed by atoms with van der Waals surface area (Å²) in [5.74, 6) is 7.06. The van der Waals surface area contributed by atoms with Gasteiger partial charge in [-0.15, -0.1) is 11.6 Å². The molecule has 2 heterocycles. The first-order valence-electron chi connectivity index (χ1n) is 5.70. The molecule has 0 radical (unpaired) electrons. The Morgan fingerprint density at radius 2 is 2.26 bits per heavy atom. The van der Waals surface area contributed by atoms with E-state index >= 15 is 0 Å². The van der Waals surface area contributed by atoms with E-state index in [0.717, 1.165) is 5.56 Å². The van der Waals surface area contributed by atoms with Crippen molar-refractivity contribution in [3.8, 4) is 17.6 Å². The fourth-order valence-corrected chi connectivity index (χ4v) is 1.40. The Balaban J connectivity index is 2.00. The SMILES string of the molecule is Cc1nonc1COc1cncc(C#CCCCl)c1. The van der Waals surface area contributed by atoms with Crippen LogP contribution in [0.5, 0.6) is 5.75 Å². The number of halogens is 1. The first-order valence-corrected chi connectivity index (χ1v) is 6.24. The standard InChI is InChI=1S/C13H12ClN3O2/c1-10-13(17-19-16-10)9-18-12-6-11(7-15-8-12)4-2-3-5-14/h6-8H,3,5,9H2,1H3. The minimum atomic E-state index is 0.287. The van der Waals surface area contributed by atoms with Gasteiger partial charge in [0.2, 0.25) is 0 Å². The fourth-order valence-electron chi connectivity index (χ4n) is 1.31. The van der Waals surface area contributed by atoms with Crippen LogP contribution in [0.25, 0.3) is 0 Å². The van der Waals surface area contributed by atoms with E-state index in [1.165, 1.54) is 0 Å². The van der Waals surface area contributed by atoms with Crippen LogP contribution in [0.4, 0.5) is 0 Å². The third kappa shape index (κ3) is 3.97. The molecule has 0 unspecified atom stereocenters. The van der Waals surface area contributed by atoms with Gasteiger partial charge < -0.3 is 4.74 Å². The van der Waals surface area contributed by atoms with Crippen LogP contribution >= 0.6 is 11.6 Å². The van der Waals surface area contributed by atoms with E-state index < -0.39 is 0 Å². The van der Waals surface area contributed by atoms with Gasteiger partial charge >= 0.3 is 0 Å². The van der Waals surface area contributed by atoms with Gasteiger partial charge in [-0.25, -0.2) is 4.63 Å². The lowest BCUT2D eigenvalue weighted by Crippen LogP contribution is -1.98. The number of hydrogen-bond acceptors (Lipinski definition) is 5. The van der Waals surface area contributed by atoms with Gasteiger partial charge in [0.15, 0.2) is 0 Å². The number of nitrogens with zero attached hydrogens (tertiary/aromatic N) is 3. The van der Waals surface area contributed by atoms with E-state index in [9.17, 15) is 0 Å². The molecule has 2 rings (SSSR count). The zero-order valence-electron chi connectivity index (χ0n) is 10.4. The predicted molar refractivity (Wildman–Crippen MR) is 69.8 cm³/mol. The maximum Gasteiger partial charge on any atom is 0.145 e. The summed E-state index contributed by atoms with van der Waals surface area (Å²) in [6.45, 7) is 2.09. The second kappa shape index (κ2) is 6.76. The minimum Gasteiger partial charge on any atom is -0.485 e. The number of alkyl halides is 1. The van der Waals surface area contributed by atoms with Crippen molar-refractivity contribution in [2.24, 2.45) is 0 Å². The molecule has 0 saturated heterocycles. The molecule has 2 aromatic heterocycles. The van der Waals surface area contributed by atoms with Crippen molar-refractivity contribution in [2.75, 3.05) is 5.88 Å². The van der Waals surface area contributed by atoms with E-state index in [1.54, 1.807) is 12.4 Å². The van der Waals surface area contributed by atoms with Crippen LogP contribution < -0.4 is 4.74 Å². The highest BCUT2D eigenvalue weighted by atomic mass is 35.5. The van der Waals surface area contributed by atoms with E-state index in [2.05, 4.69) is 31.8 Å². The maximum atomic E-state index is 5.56. The molecule has 0 fully saturated rings. The van der Waals surface area contributed by atoms with E-state index in [0.29, 0.717) is 29.4 Å². The summed E-state index contributed by atoms with van der Waals surface area (Å²) in [7, 11) is 0. The summed E-state index contributed by atoms with van der Waals surface area (Å²) in [5.41, 5.74) is 2.17. The van der Waals surface area contributed by atoms with E-state index in [4.69, 9.17) is 16.3 Å². The molecule has 98 valence electrons. The van der Waals surface area contributed by atoms with Crippen LogP contribution in [0.2, 0.25) is 0 Å². The Morgan fingerprint density at radius 1 is 1.37 bits per heavy atom. The lowest BCUT2D eigenvalue weighted by Gasteiger charge is -2.03. The van der Waals surface area contributed by atoms with Crippen molar-refractivity contribution in [1.82, 2.24) is 15.3 Å². The Hall–Kier alpha value is -2.06. The number of pyridine rings is 1. The van der Waals surface area contributed by atoms with Gasteiger partial charge in [-0.05, 0) is 13.0 Å². The molecule has 19 heavy (non-hydrogen) atoms. The summed E-state index contributed by atoms with van der Waals surface area (Å²) in [5, 5.41) is 7.42. The second-order valence-electron chi connectivity index (χ2n) is 3.74. The Labute approximate surface area is 115 Å². The third-order valence-electron chi connectivity index (χ3n) is 2.29. The Bertz CT molecular complexity index is 601. The number of aromatic nitrogens is 3. The molecule has 6 heteroatoms. The van der Waals surface area contributed by atoms with Gasteiger partial charge in [0.1, 0.15) is 23.7 Å². The van der Waals surface area contributed by atoms with Gasteiger partial charge in [0.25, 0.3) is 0 Å². The first-order chi connectivity index (χ1) is 9.29. The summed E-state index contributed by atoms with van der Waals surface area (Å²) in [6.07, 6.45) is 3.95. The van der Waals surface area contributed by atoms with Gasteiger partial charge in [0, 0.05) is 24.1 Å². The average molecular weight is 278 g/mol. The minimum absolute atomic E-state index is 0.287. The molecule has 2 aromatic rings. The molecule has 0 aromatic carbocycles. The molecule has 0 bridgehead atoms. The first kappa shape index (κ1) is 13.4.